The lowest BCUT2D eigenvalue weighted by atomic mass is 9.88. The summed E-state index contributed by atoms with van der Waals surface area (Å²) in [5.41, 5.74) is 10.9. The van der Waals surface area contributed by atoms with Gasteiger partial charge in [-0.15, -0.1) is 0 Å². The second-order valence-corrected chi connectivity index (χ2v) is 4.96. The van der Waals surface area contributed by atoms with Crippen LogP contribution >= 0.6 is 11.6 Å². The fourth-order valence-corrected chi connectivity index (χ4v) is 2.76. The molecule has 1 nitrogen and oxygen atoms in total. The topological polar surface area (TPSA) is 26.0 Å². The van der Waals surface area contributed by atoms with E-state index in [0.717, 1.165) is 5.02 Å². The standard InChI is InChI=1S/C16H14ClN/c17-13-8-7-12-6-5-11-3-1-2-4-14(11)16(10-18)15(12)9-13/h1-9,16H,10,18H2/t16-/m0/s1. The second-order valence-electron chi connectivity index (χ2n) is 4.52. The highest BCUT2D eigenvalue weighted by molar-refractivity contribution is 6.30. The summed E-state index contributed by atoms with van der Waals surface area (Å²) in [4.78, 5) is 0. The lowest BCUT2D eigenvalue weighted by Gasteiger charge is -2.18. The van der Waals surface area contributed by atoms with E-state index in [1.165, 1.54) is 22.3 Å². The van der Waals surface area contributed by atoms with E-state index >= 15 is 0 Å². The van der Waals surface area contributed by atoms with Crippen molar-refractivity contribution in [2.45, 2.75) is 5.92 Å². The van der Waals surface area contributed by atoms with Crippen molar-refractivity contribution >= 4 is 23.8 Å². The lowest BCUT2D eigenvalue weighted by Crippen LogP contribution is -2.15. The quantitative estimate of drug-likeness (QED) is 0.821. The molecule has 2 aromatic rings. The number of rotatable bonds is 1. The molecule has 1 aliphatic rings. The van der Waals surface area contributed by atoms with Crippen molar-refractivity contribution in [1.82, 2.24) is 0 Å². The van der Waals surface area contributed by atoms with E-state index < -0.39 is 0 Å². The SMILES string of the molecule is NC[C@H]1c2ccccc2C=Cc2ccc(Cl)cc21. The zero-order valence-corrected chi connectivity index (χ0v) is 10.7. The first kappa shape index (κ1) is 11.5. The van der Waals surface area contributed by atoms with E-state index in [4.69, 9.17) is 17.3 Å². The second kappa shape index (κ2) is 4.60. The van der Waals surface area contributed by atoms with Crippen LogP contribution in [0.2, 0.25) is 5.02 Å². The van der Waals surface area contributed by atoms with E-state index in [9.17, 15) is 0 Å². The van der Waals surface area contributed by atoms with Crippen LogP contribution in [0.3, 0.4) is 0 Å². The number of halogens is 1. The van der Waals surface area contributed by atoms with Crippen LogP contribution in [-0.2, 0) is 0 Å². The molecule has 0 aliphatic heterocycles. The summed E-state index contributed by atoms with van der Waals surface area (Å²) >= 11 is 6.11. The van der Waals surface area contributed by atoms with Gasteiger partial charge in [-0.05, 0) is 34.4 Å². The summed E-state index contributed by atoms with van der Waals surface area (Å²) in [5, 5.41) is 0.764. The van der Waals surface area contributed by atoms with Crippen molar-refractivity contribution in [2.24, 2.45) is 5.73 Å². The van der Waals surface area contributed by atoms with Gasteiger partial charge in [-0.1, -0.05) is 54.1 Å². The van der Waals surface area contributed by atoms with Gasteiger partial charge in [0.2, 0.25) is 0 Å². The van der Waals surface area contributed by atoms with Gasteiger partial charge in [0.05, 0.1) is 0 Å². The molecule has 0 unspecified atom stereocenters. The molecule has 2 aromatic carbocycles. The monoisotopic (exact) mass is 255 g/mol. The van der Waals surface area contributed by atoms with Crippen LogP contribution < -0.4 is 5.73 Å². The van der Waals surface area contributed by atoms with Gasteiger partial charge < -0.3 is 5.73 Å². The van der Waals surface area contributed by atoms with Crippen LogP contribution in [0.1, 0.15) is 28.2 Å². The predicted octanol–water partition coefficient (Wildman–Crippen LogP) is 3.91. The molecule has 90 valence electrons. The number of benzene rings is 2. The van der Waals surface area contributed by atoms with Crippen LogP contribution in [0.25, 0.3) is 12.2 Å². The first-order chi connectivity index (χ1) is 8.79. The number of hydrogen-bond acceptors (Lipinski definition) is 1. The van der Waals surface area contributed by atoms with Gasteiger partial charge in [-0.3, -0.25) is 0 Å². The smallest absolute Gasteiger partial charge is 0.0409 e. The molecule has 1 aliphatic carbocycles. The Labute approximate surface area is 112 Å². The molecule has 2 N–H and O–H groups in total. The first-order valence-electron chi connectivity index (χ1n) is 6.06. The number of hydrogen-bond donors (Lipinski definition) is 1. The average molecular weight is 256 g/mol. The van der Waals surface area contributed by atoms with Crippen molar-refractivity contribution in [3.05, 3.63) is 69.7 Å². The molecular weight excluding hydrogens is 242 g/mol. The molecular formula is C16H14ClN. The van der Waals surface area contributed by atoms with Gasteiger partial charge in [0.15, 0.2) is 0 Å². The van der Waals surface area contributed by atoms with Crippen LogP contribution in [0.15, 0.2) is 42.5 Å². The largest absolute Gasteiger partial charge is 0.330 e. The van der Waals surface area contributed by atoms with Crippen molar-refractivity contribution in [3.8, 4) is 0 Å². The van der Waals surface area contributed by atoms with E-state index in [-0.39, 0.29) is 5.92 Å². The molecule has 0 spiro atoms. The highest BCUT2D eigenvalue weighted by Gasteiger charge is 2.19. The van der Waals surface area contributed by atoms with E-state index in [2.05, 4.69) is 42.5 Å². The number of fused-ring (bicyclic) bond motifs is 2. The third-order valence-electron chi connectivity index (χ3n) is 3.47. The van der Waals surface area contributed by atoms with Gasteiger partial charge in [0.25, 0.3) is 0 Å². The Kier molecular flexibility index (Phi) is 2.94. The van der Waals surface area contributed by atoms with Crippen molar-refractivity contribution in [1.29, 1.82) is 0 Å². The third kappa shape index (κ3) is 1.86. The molecule has 0 heterocycles. The van der Waals surface area contributed by atoms with E-state index in [1.54, 1.807) is 0 Å². The highest BCUT2D eigenvalue weighted by atomic mass is 35.5. The Morgan fingerprint density at radius 2 is 1.67 bits per heavy atom. The highest BCUT2D eigenvalue weighted by Crippen LogP contribution is 2.35. The van der Waals surface area contributed by atoms with Crippen molar-refractivity contribution in [3.63, 3.8) is 0 Å². The molecule has 0 radical (unpaired) electrons. The van der Waals surface area contributed by atoms with E-state index in [0.29, 0.717) is 6.54 Å². The summed E-state index contributed by atoms with van der Waals surface area (Å²) in [6.07, 6.45) is 4.29. The molecule has 18 heavy (non-hydrogen) atoms. The average Bonchev–Trinajstić information content (AvgIpc) is 2.54. The normalized spacial score (nSPS) is 16.9. The van der Waals surface area contributed by atoms with Crippen LogP contribution in [-0.4, -0.2) is 6.54 Å². The zero-order chi connectivity index (χ0) is 12.5. The van der Waals surface area contributed by atoms with E-state index in [1.807, 2.05) is 12.1 Å². The Morgan fingerprint density at radius 1 is 0.944 bits per heavy atom. The summed E-state index contributed by atoms with van der Waals surface area (Å²) in [7, 11) is 0. The van der Waals surface area contributed by atoms with Gasteiger partial charge in [-0.2, -0.15) is 0 Å². The third-order valence-corrected chi connectivity index (χ3v) is 3.71. The number of nitrogens with two attached hydrogens (primary N) is 1. The van der Waals surface area contributed by atoms with Gasteiger partial charge >= 0.3 is 0 Å². The summed E-state index contributed by atoms with van der Waals surface area (Å²) < 4.78 is 0. The van der Waals surface area contributed by atoms with Gasteiger partial charge in [0.1, 0.15) is 0 Å². The lowest BCUT2D eigenvalue weighted by molar-refractivity contribution is 0.817. The first-order valence-corrected chi connectivity index (χ1v) is 6.44. The minimum atomic E-state index is 0.213. The molecule has 1 atom stereocenters. The molecule has 3 rings (SSSR count). The maximum absolute atomic E-state index is 6.11. The Balaban J connectivity index is 2.26. The minimum Gasteiger partial charge on any atom is -0.330 e. The molecule has 0 aromatic heterocycles. The molecule has 0 amide bonds. The zero-order valence-electron chi connectivity index (χ0n) is 9.94. The molecule has 0 saturated heterocycles. The molecule has 0 fully saturated rings. The molecule has 2 heteroatoms. The fourth-order valence-electron chi connectivity index (χ4n) is 2.58. The fraction of sp³-hybridized carbons (Fsp3) is 0.125. The summed E-state index contributed by atoms with van der Waals surface area (Å²) in [6, 6.07) is 14.4. The maximum atomic E-state index is 6.11. The van der Waals surface area contributed by atoms with Crippen LogP contribution in [0.4, 0.5) is 0 Å². The minimum absolute atomic E-state index is 0.213. The summed E-state index contributed by atoms with van der Waals surface area (Å²) in [5.74, 6) is 0.213. The van der Waals surface area contributed by atoms with Gasteiger partial charge in [0, 0.05) is 17.5 Å². The maximum Gasteiger partial charge on any atom is 0.0409 e. The summed E-state index contributed by atoms with van der Waals surface area (Å²) in [6.45, 7) is 0.589. The van der Waals surface area contributed by atoms with Crippen LogP contribution in [0, 0.1) is 0 Å². The Bertz CT molecular complexity index is 616. The van der Waals surface area contributed by atoms with Crippen LogP contribution in [0.5, 0.6) is 0 Å². The predicted molar refractivity (Wildman–Crippen MR) is 77.7 cm³/mol. The Morgan fingerprint density at radius 3 is 2.44 bits per heavy atom. The molecule has 0 bridgehead atoms. The van der Waals surface area contributed by atoms with Crippen molar-refractivity contribution in [2.75, 3.05) is 6.54 Å². The van der Waals surface area contributed by atoms with Gasteiger partial charge in [-0.25, -0.2) is 0 Å². The molecule has 0 saturated carbocycles. The Hall–Kier alpha value is -1.57. The van der Waals surface area contributed by atoms with Crippen molar-refractivity contribution < 1.29 is 0 Å².